The molecule has 0 saturated heterocycles. The minimum absolute atomic E-state index is 0.163. The van der Waals surface area contributed by atoms with Crippen LogP contribution in [0.15, 0.2) is 48.5 Å². The van der Waals surface area contributed by atoms with Crippen LogP contribution in [0.25, 0.3) is 0 Å². The Morgan fingerprint density at radius 1 is 0.750 bits per heavy atom. The summed E-state index contributed by atoms with van der Waals surface area (Å²) in [4.78, 5) is 0. The molecule has 0 spiro atoms. The van der Waals surface area contributed by atoms with Gasteiger partial charge >= 0.3 is 0 Å². The van der Waals surface area contributed by atoms with Gasteiger partial charge in [0.2, 0.25) is 0 Å². The van der Waals surface area contributed by atoms with Gasteiger partial charge in [0.15, 0.2) is 0 Å². The third kappa shape index (κ3) is 4.37. The molecule has 2 aromatic carbocycles. The first-order valence-corrected chi connectivity index (χ1v) is 9.48. The van der Waals surface area contributed by atoms with Crippen molar-refractivity contribution in [1.82, 2.24) is 0 Å². The van der Waals surface area contributed by atoms with Crippen LogP contribution in [0.2, 0.25) is 0 Å². The molecule has 0 aliphatic heterocycles. The van der Waals surface area contributed by atoms with Gasteiger partial charge < -0.3 is 9.47 Å². The minimum atomic E-state index is 0.163. The van der Waals surface area contributed by atoms with E-state index in [0.29, 0.717) is 11.8 Å². The number of halogens is 2. The van der Waals surface area contributed by atoms with Crippen molar-refractivity contribution in [3.8, 4) is 11.5 Å². The zero-order chi connectivity index (χ0) is 16.8. The van der Waals surface area contributed by atoms with E-state index in [1.54, 1.807) is 0 Å². The smallest absolute Gasteiger partial charge is 0.124 e. The molecule has 24 heavy (non-hydrogen) atoms. The Hall–Kier alpha value is -1.38. The molecule has 0 radical (unpaired) electrons. The van der Waals surface area contributed by atoms with Gasteiger partial charge in [-0.1, -0.05) is 36.4 Å². The van der Waals surface area contributed by atoms with Gasteiger partial charge in [-0.15, -0.1) is 23.2 Å². The average Bonchev–Trinajstić information content (AvgIpc) is 2.63. The summed E-state index contributed by atoms with van der Waals surface area (Å²) in [5.74, 6) is 2.70. The van der Waals surface area contributed by atoms with Crippen molar-refractivity contribution in [2.24, 2.45) is 0 Å². The van der Waals surface area contributed by atoms with Crippen LogP contribution in [0.1, 0.15) is 36.8 Å². The Labute approximate surface area is 153 Å². The summed E-state index contributed by atoms with van der Waals surface area (Å²) in [7, 11) is 0. The van der Waals surface area contributed by atoms with Crippen molar-refractivity contribution in [3.63, 3.8) is 0 Å². The topological polar surface area (TPSA) is 18.5 Å². The lowest BCUT2D eigenvalue weighted by Gasteiger charge is -2.31. The van der Waals surface area contributed by atoms with Crippen LogP contribution < -0.4 is 9.47 Å². The molecule has 0 heterocycles. The number of benzene rings is 2. The molecule has 1 aliphatic rings. The molecule has 2 nitrogen and oxygen atoms in total. The number of hydrogen-bond acceptors (Lipinski definition) is 2. The highest BCUT2D eigenvalue weighted by Gasteiger charge is 2.25. The van der Waals surface area contributed by atoms with Crippen molar-refractivity contribution < 1.29 is 9.47 Å². The molecule has 1 aliphatic carbocycles. The Bertz CT molecular complexity index is 604. The number of rotatable bonds is 6. The second-order valence-corrected chi connectivity index (χ2v) is 6.66. The monoisotopic (exact) mass is 364 g/mol. The van der Waals surface area contributed by atoms with Crippen molar-refractivity contribution in [2.45, 2.75) is 49.7 Å². The maximum Gasteiger partial charge on any atom is 0.124 e. The second kappa shape index (κ2) is 8.64. The van der Waals surface area contributed by atoms with E-state index in [4.69, 9.17) is 32.7 Å². The molecule has 1 saturated carbocycles. The summed E-state index contributed by atoms with van der Waals surface area (Å²) in [5, 5.41) is 0. The van der Waals surface area contributed by atoms with E-state index >= 15 is 0 Å². The molecule has 4 heteroatoms. The van der Waals surface area contributed by atoms with Crippen LogP contribution >= 0.6 is 23.2 Å². The lowest BCUT2D eigenvalue weighted by Crippen LogP contribution is -2.32. The van der Waals surface area contributed by atoms with E-state index in [1.807, 2.05) is 48.5 Å². The molecule has 2 aromatic rings. The molecule has 2 unspecified atom stereocenters. The van der Waals surface area contributed by atoms with Crippen LogP contribution in [-0.2, 0) is 11.8 Å². The predicted octanol–water partition coefficient (Wildman–Crippen LogP) is 5.93. The predicted molar refractivity (Wildman–Crippen MR) is 99.3 cm³/mol. The third-order valence-corrected chi connectivity index (χ3v) is 4.97. The SMILES string of the molecule is ClCc1ccccc1OC1CCCC(Oc2ccccc2CCl)C1. The van der Waals surface area contributed by atoms with E-state index in [-0.39, 0.29) is 12.2 Å². The quantitative estimate of drug-likeness (QED) is 0.591. The van der Waals surface area contributed by atoms with Crippen LogP contribution in [0.4, 0.5) is 0 Å². The molecular weight excluding hydrogens is 343 g/mol. The summed E-state index contributed by atoms with van der Waals surface area (Å²) >= 11 is 12.0. The van der Waals surface area contributed by atoms with Crippen molar-refractivity contribution in [1.29, 1.82) is 0 Å². The fraction of sp³-hybridized carbons (Fsp3) is 0.400. The van der Waals surface area contributed by atoms with Gasteiger partial charge in [0.1, 0.15) is 23.7 Å². The van der Waals surface area contributed by atoms with Gasteiger partial charge in [-0.3, -0.25) is 0 Å². The van der Waals surface area contributed by atoms with E-state index in [9.17, 15) is 0 Å². The summed E-state index contributed by atoms with van der Waals surface area (Å²) in [6.45, 7) is 0. The van der Waals surface area contributed by atoms with E-state index in [2.05, 4.69) is 0 Å². The van der Waals surface area contributed by atoms with Gasteiger partial charge in [-0.2, -0.15) is 0 Å². The molecule has 0 aromatic heterocycles. The van der Waals surface area contributed by atoms with Gasteiger partial charge in [0, 0.05) is 17.5 Å². The maximum atomic E-state index is 6.21. The van der Waals surface area contributed by atoms with Gasteiger partial charge in [-0.25, -0.2) is 0 Å². The van der Waals surface area contributed by atoms with Crippen LogP contribution in [-0.4, -0.2) is 12.2 Å². The Morgan fingerprint density at radius 3 is 1.67 bits per heavy atom. The summed E-state index contributed by atoms with van der Waals surface area (Å²) < 4.78 is 12.4. The Morgan fingerprint density at radius 2 is 1.21 bits per heavy atom. The molecule has 0 N–H and O–H groups in total. The molecule has 1 fully saturated rings. The number of alkyl halides is 2. The van der Waals surface area contributed by atoms with E-state index < -0.39 is 0 Å². The van der Waals surface area contributed by atoms with Crippen LogP contribution in [0.5, 0.6) is 11.5 Å². The maximum absolute atomic E-state index is 6.21. The molecule has 3 rings (SSSR count). The van der Waals surface area contributed by atoms with E-state index in [1.165, 1.54) is 0 Å². The largest absolute Gasteiger partial charge is 0.490 e. The molecule has 0 amide bonds. The summed E-state index contributed by atoms with van der Waals surface area (Å²) in [6, 6.07) is 15.9. The fourth-order valence-corrected chi connectivity index (χ4v) is 3.58. The molecule has 2 atom stereocenters. The molecular formula is C20H22Cl2O2. The number of ether oxygens (including phenoxy) is 2. The molecule has 0 bridgehead atoms. The first-order valence-electron chi connectivity index (χ1n) is 8.41. The Balaban J connectivity index is 1.64. The second-order valence-electron chi connectivity index (χ2n) is 6.13. The standard InChI is InChI=1S/C20H22Cl2O2/c21-13-15-6-1-3-10-19(15)23-17-8-5-9-18(12-17)24-20-11-4-2-7-16(20)14-22/h1-4,6-7,10-11,17-18H,5,8-9,12-14H2. The van der Waals surface area contributed by atoms with Crippen molar-refractivity contribution in [3.05, 3.63) is 59.7 Å². The fourth-order valence-electron chi connectivity index (χ4n) is 3.13. The van der Waals surface area contributed by atoms with Gasteiger partial charge in [-0.05, 0) is 31.4 Å². The van der Waals surface area contributed by atoms with Crippen molar-refractivity contribution >= 4 is 23.2 Å². The number of para-hydroxylation sites is 2. The zero-order valence-electron chi connectivity index (χ0n) is 13.6. The highest BCUT2D eigenvalue weighted by molar-refractivity contribution is 6.17. The van der Waals surface area contributed by atoms with Crippen LogP contribution in [0.3, 0.4) is 0 Å². The lowest BCUT2D eigenvalue weighted by molar-refractivity contribution is 0.0671. The average molecular weight is 365 g/mol. The van der Waals surface area contributed by atoms with Gasteiger partial charge in [0.25, 0.3) is 0 Å². The third-order valence-electron chi connectivity index (χ3n) is 4.40. The number of hydrogen-bond donors (Lipinski definition) is 0. The highest BCUT2D eigenvalue weighted by Crippen LogP contribution is 2.30. The lowest BCUT2D eigenvalue weighted by atomic mass is 9.94. The Kier molecular flexibility index (Phi) is 6.28. The first-order chi connectivity index (χ1) is 11.8. The van der Waals surface area contributed by atoms with Gasteiger partial charge in [0.05, 0.1) is 11.8 Å². The first kappa shape index (κ1) is 17.4. The summed E-state index contributed by atoms with van der Waals surface area (Å²) in [5.41, 5.74) is 2.07. The van der Waals surface area contributed by atoms with Crippen molar-refractivity contribution in [2.75, 3.05) is 0 Å². The highest BCUT2D eigenvalue weighted by atomic mass is 35.5. The molecule has 128 valence electrons. The zero-order valence-corrected chi connectivity index (χ0v) is 15.1. The van der Waals surface area contributed by atoms with Crippen LogP contribution in [0, 0.1) is 0 Å². The summed E-state index contributed by atoms with van der Waals surface area (Å²) in [6.07, 6.45) is 4.41. The van der Waals surface area contributed by atoms with E-state index in [0.717, 1.165) is 48.3 Å². The minimum Gasteiger partial charge on any atom is -0.490 e. The normalized spacial score (nSPS) is 20.6.